The molecule has 0 atom stereocenters. The van der Waals surface area contributed by atoms with Crippen LogP contribution in [0.2, 0.25) is 0 Å². The molecule has 2 heterocycles. The maximum Gasteiger partial charge on any atom is 0.349 e. The number of aromatic nitrogens is 4. The molecule has 27 heavy (non-hydrogen) atoms. The van der Waals surface area contributed by atoms with Gasteiger partial charge in [0.2, 0.25) is 17.7 Å². The smallest absolute Gasteiger partial charge is 0.349 e. The molecule has 0 bridgehead atoms. The summed E-state index contributed by atoms with van der Waals surface area (Å²) < 4.78 is 40.8. The van der Waals surface area contributed by atoms with E-state index in [0.29, 0.717) is 0 Å². The van der Waals surface area contributed by atoms with Gasteiger partial charge in [-0.05, 0) is 6.92 Å². The van der Waals surface area contributed by atoms with Crippen molar-refractivity contribution in [1.82, 2.24) is 19.7 Å². The minimum atomic E-state index is -4.67. The molecule has 2 aromatic heterocycles. The van der Waals surface area contributed by atoms with Gasteiger partial charge < -0.3 is 14.2 Å². The number of aryl methyl sites for hydroxylation is 1. The first-order chi connectivity index (χ1) is 12.7. The van der Waals surface area contributed by atoms with Crippen molar-refractivity contribution in [2.75, 3.05) is 26.1 Å². The number of nitrogens with zero attached hydrogens (tertiary/aromatic N) is 4. The molecule has 0 aliphatic carbocycles. The Labute approximate surface area is 154 Å². The van der Waals surface area contributed by atoms with Crippen LogP contribution in [0.4, 0.5) is 10.7 Å². The zero-order chi connectivity index (χ0) is 20.2. The maximum atomic E-state index is 12.7. The van der Waals surface area contributed by atoms with Crippen molar-refractivity contribution in [1.29, 1.82) is 0 Å². The average Bonchev–Trinajstić information content (AvgIpc) is 3.03. The second-order valence-corrected chi connectivity index (χ2v) is 6.66. The molecule has 1 N–H and O–H groups in total. The summed E-state index contributed by atoms with van der Waals surface area (Å²) in [6.45, 7) is 1.58. The summed E-state index contributed by atoms with van der Waals surface area (Å²) in [6, 6.07) is 1.34. The fourth-order valence-electron chi connectivity index (χ4n) is 2.01. The van der Waals surface area contributed by atoms with Crippen molar-refractivity contribution in [2.45, 2.75) is 11.9 Å². The lowest BCUT2D eigenvalue weighted by Gasteiger charge is -2.09. The summed E-state index contributed by atoms with van der Waals surface area (Å²) in [4.78, 5) is 31.9. The fourth-order valence-corrected chi connectivity index (χ4v) is 3.23. The molecular weight excluding hydrogens is 382 g/mol. The van der Waals surface area contributed by atoms with Crippen LogP contribution in [-0.2, 0) is 21.6 Å². The van der Waals surface area contributed by atoms with Crippen LogP contribution in [0.1, 0.15) is 17.3 Å². The van der Waals surface area contributed by atoms with Crippen LogP contribution < -0.4 is 14.8 Å². The van der Waals surface area contributed by atoms with Crippen molar-refractivity contribution in [3.63, 3.8) is 0 Å². The number of methoxy groups -OCH3 is 2. The van der Waals surface area contributed by atoms with Gasteiger partial charge in [-0.2, -0.15) is 15.1 Å². The normalized spacial score (nSPS) is 11.0. The molecule has 0 aromatic carbocycles. The van der Waals surface area contributed by atoms with Gasteiger partial charge in [0.1, 0.15) is 5.56 Å². The highest BCUT2D eigenvalue weighted by Gasteiger charge is 2.35. The predicted octanol–water partition coefficient (Wildman–Crippen LogP) is 0.410. The van der Waals surface area contributed by atoms with E-state index in [-0.39, 0.29) is 29.9 Å². The molecule has 0 saturated carbocycles. The number of anilines is 1. The fraction of sp³-hybridized carbons (Fsp3) is 0.357. The summed E-state index contributed by atoms with van der Waals surface area (Å²) >= 11 is 0. The van der Waals surface area contributed by atoms with Gasteiger partial charge >= 0.3 is 11.2 Å². The molecule has 0 saturated heterocycles. The number of nitrogens with one attached hydrogen (secondary N) is 1. The Morgan fingerprint density at radius 2 is 1.78 bits per heavy atom. The largest absolute Gasteiger partial charge is 0.481 e. The lowest BCUT2D eigenvalue weighted by molar-refractivity contribution is 0.0521. The summed E-state index contributed by atoms with van der Waals surface area (Å²) in [6.07, 6.45) is 1.00. The Morgan fingerprint density at radius 3 is 2.30 bits per heavy atom. The Bertz CT molecular complexity index is 948. The van der Waals surface area contributed by atoms with Crippen LogP contribution in [0.5, 0.6) is 11.8 Å². The van der Waals surface area contributed by atoms with Gasteiger partial charge in [0, 0.05) is 7.05 Å². The molecule has 13 heteroatoms. The van der Waals surface area contributed by atoms with Gasteiger partial charge in [0.25, 0.3) is 9.84 Å². The third-order valence-electron chi connectivity index (χ3n) is 3.19. The molecule has 146 valence electrons. The number of amides is 1. The SMILES string of the molecule is CCOC(=O)c1cnn(C)c1S(=O)(=O)C(=O)Nc1nc(OC)cc(OC)n1. The Kier molecular flexibility index (Phi) is 5.95. The van der Waals surface area contributed by atoms with Crippen LogP contribution in [0, 0.1) is 0 Å². The monoisotopic (exact) mass is 399 g/mol. The van der Waals surface area contributed by atoms with Crippen LogP contribution in [0.25, 0.3) is 0 Å². The third kappa shape index (κ3) is 4.13. The first-order valence-corrected chi connectivity index (χ1v) is 8.95. The van der Waals surface area contributed by atoms with E-state index in [0.717, 1.165) is 10.9 Å². The highest BCUT2D eigenvalue weighted by atomic mass is 32.2. The van der Waals surface area contributed by atoms with E-state index in [4.69, 9.17) is 14.2 Å². The minimum Gasteiger partial charge on any atom is -0.481 e. The summed E-state index contributed by atoms with van der Waals surface area (Å²) in [7, 11) is -0.748. The van der Waals surface area contributed by atoms with Gasteiger partial charge in [0.05, 0.1) is 33.1 Å². The summed E-state index contributed by atoms with van der Waals surface area (Å²) in [5, 5.41) is 3.68. The second kappa shape index (κ2) is 7.99. The molecule has 0 spiro atoms. The van der Waals surface area contributed by atoms with Crippen LogP contribution >= 0.6 is 0 Å². The molecular formula is C14H17N5O7S. The zero-order valence-corrected chi connectivity index (χ0v) is 15.7. The molecule has 2 rings (SSSR count). The average molecular weight is 399 g/mol. The molecule has 2 aromatic rings. The Balaban J connectivity index is 2.40. The predicted molar refractivity (Wildman–Crippen MR) is 90.5 cm³/mol. The second-order valence-electron chi connectivity index (χ2n) is 4.90. The van der Waals surface area contributed by atoms with Gasteiger partial charge in [-0.3, -0.25) is 14.8 Å². The summed E-state index contributed by atoms with van der Waals surface area (Å²) in [5.41, 5.74) is -0.362. The minimum absolute atomic E-state index is 0.0247. The number of carbonyl (C=O) groups is 2. The van der Waals surface area contributed by atoms with Crippen molar-refractivity contribution in [2.24, 2.45) is 7.05 Å². The molecule has 0 fully saturated rings. The van der Waals surface area contributed by atoms with E-state index < -0.39 is 26.1 Å². The quantitative estimate of drug-likeness (QED) is 0.676. The van der Waals surface area contributed by atoms with Crippen molar-refractivity contribution >= 4 is 27.0 Å². The van der Waals surface area contributed by atoms with E-state index in [1.165, 1.54) is 27.3 Å². The van der Waals surface area contributed by atoms with Crippen LogP contribution in [-0.4, -0.2) is 60.2 Å². The Morgan fingerprint density at radius 1 is 1.19 bits per heavy atom. The molecule has 0 aliphatic heterocycles. The third-order valence-corrected chi connectivity index (χ3v) is 4.77. The van der Waals surface area contributed by atoms with E-state index >= 15 is 0 Å². The topological polar surface area (TPSA) is 152 Å². The number of carbonyl (C=O) groups excluding carboxylic acids is 2. The molecule has 0 aliphatic rings. The lowest BCUT2D eigenvalue weighted by Crippen LogP contribution is -2.26. The van der Waals surface area contributed by atoms with Gasteiger partial charge in [-0.15, -0.1) is 0 Å². The zero-order valence-electron chi connectivity index (χ0n) is 14.9. The Hall–Kier alpha value is -3.22. The molecule has 0 radical (unpaired) electrons. The number of rotatable bonds is 6. The van der Waals surface area contributed by atoms with Gasteiger partial charge in [-0.1, -0.05) is 0 Å². The van der Waals surface area contributed by atoms with Gasteiger partial charge in [0.15, 0.2) is 5.03 Å². The number of esters is 1. The standard InChI is InChI=1S/C14H17N5O7S/c1-5-26-12(20)8-7-15-19(2)11(8)27(22,23)14(21)18-13-16-9(24-3)6-10(17-13)25-4/h6-7H,5H2,1-4H3,(H,16,17,18,21). The van der Waals surface area contributed by atoms with Gasteiger partial charge in [-0.25, -0.2) is 13.2 Å². The maximum absolute atomic E-state index is 12.7. The number of sulfone groups is 1. The first kappa shape index (κ1) is 20.1. The van der Waals surface area contributed by atoms with E-state index in [1.807, 2.05) is 5.32 Å². The van der Waals surface area contributed by atoms with Crippen molar-refractivity contribution in [3.8, 4) is 11.8 Å². The molecule has 0 unspecified atom stereocenters. The van der Waals surface area contributed by atoms with Crippen LogP contribution in [0.3, 0.4) is 0 Å². The number of ether oxygens (including phenoxy) is 3. The van der Waals surface area contributed by atoms with E-state index in [1.54, 1.807) is 6.92 Å². The van der Waals surface area contributed by atoms with E-state index in [9.17, 15) is 18.0 Å². The van der Waals surface area contributed by atoms with Crippen molar-refractivity contribution in [3.05, 3.63) is 17.8 Å². The summed E-state index contributed by atoms with van der Waals surface area (Å²) in [5.74, 6) is -1.19. The number of hydrogen-bond donors (Lipinski definition) is 1. The molecule has 12 nitrogen and oxygen atoms in total. The van der Waals surface area contributed by atoms with E-state index in [2.05, 4.69) is 15.1 Å². The highest BCUT2D eigenvalue weighted by Crippen LogP contribution is 2.21. The lowest BCUT2D eigenvalue weighted by atomic mass is 10.4. The highest BCUT2D eigenvalue weighted by molar-refractivity contribution is 8.06. The van der Waals surface area contributed by atoms with Crippen LogP contribution in [0.15, 0.2) is 17.3 Å². The van der Waals surface area contributed by atoms with Crippen molar-refractivity contribution < 1.29 is 32.2 Å². The first-order valence-electron chi connectivity index (χ1n) is 7.46. The number of hydrogen-bond acceptors (Lipinski definition) is 10. The molecule has 1 amide bonds.